The molecule has 0 saturated carbocycles. The predicted octanol–water partition coefficient (Wildman–Crippen LogP) is 3.84. The first-order valence-corrected chi connectivity index (χ1v) is 8.06. The minimum atomic E-state index is 0.344. The molecule has 0 bridgehead atoms. The summed E-state index contributed by atoms with van der Waals surface area (Å²) in [4.78, 5) is 0. The average molecular weight is 310 g/mol. The van der Waals surface area contributed by atoms with Crippen LogP contribution in [0.2, 0.25) is 0 Å². The first-order valence-electron chi connectivity index (χ1n) is 8.06. The van der Waals surface area contributed by atoms with Gasteiger partial charge in [0, 0.05) is 31.9 Å². The molecule has 3 heteroatoms. The van der Waals surface area contributed by atoms with Crippen LogP contribution in [0.5, 0.6) is 11.5 Å². The maximum Gasteiger partial charge on any atom is 0.184 e. The summed E-state index contributed by atoms with van der Waals surface area (Å²) in [6.45, 7) is 5.46. The van der Waals surface area contributed by atoms with Crippen LogP contribution < -0.4 is 9.47 Å². The summed E-state index contributed by atoms with van der Waals surface area (Å²) in [7, 11) is 3.42. The molecule has 23 heavy (non-hydrogen) atoms. The van der Waals surface area contributed by atoms with Crippen LogP contribution in [0.4, 0.5) is 0 Å². The second kappa shape index (κ2) is 6.45. The van der Waals surface area contributed by atoms with Crippen molar-refractivity contribution in [1.29, 1.82) is 0 Å². The Labute approximate surface area is 138 Å². The number of fused-ring (bicyclic) bond motifs is 1. The molecular formula is C20H24NO2+. The standard InChI is InChI=1S/C20H24NO2/c1-14(16-8-6-5-7-9-16)21-11-10-17-12-18(22-3)13-19(23-4)20(17)15(21)2/h5-9,12-14H,10-11H2,1-4H3/q+1/t14-/m1/s1. The van der Waals surface area contributed by atoms with Gasteiger partial charge in [0.1, 0.15) is 18.0 Å². The van der Waals surface area contributed by atoms with Crippen LogP contribution in [0.3, 0.4) is 0 Å². The van der Waals surface area contributed by atoms with Crippen molar-refractivity contribution in [1.82, 2.24) is 0 Å². The maximum atomic E-state index is 5.63. The van der Waals surface area contributed by atoms with Crippen molar-refractivity contribution in [3.63, 3.8) is 0 Å². The van der Waals surface area contributed by atoms with Gasteiger partial charge in [0.05, 0.1) is 19.8 Å². The summed E-state index contributed by atoms with van der Waals surface area (Å²) in [5, 5.41) is 0. The van der Waals surface area contributed by atoms with Crippen LogP contribution in [0.1, 0.15) is 36.6 Å². The molecule has 0 radical (unpaired) electrons. The summed E-state index contributed by atoms with van der Waals surface area (Å²) in [6.07, 6.45) is 0.997. The van der Waals surface area contributed by atoms with Gasteiger partial charge in [-0.05, 0) is 11.6 Å². The number of hydrogen-bond acceptors (Lipinski definition) is 2. The van der Waals surface area contributed by atoms with Gasteiger partial charge in [0.15, 0.2) is 11.8 Å². The maximum absolute atomic E-state index is 5.63. The van der Waals surface area contributed by atoms with E-state index in [1.54, 1.807) is 14.2 Å². The highest BCUT2D eigenvalue weighted by molar-refractivity contribution is 6.00. The molecule has 2 aromatic rings. The summed E-state index contributed by atoms with van der Waals surface area (Å²) in [5.41, 5.74) is 5.11. The molecule has 0 N–H and O–H groups in total. The Hall–Kier alpha value is -2.29. The van der Waals surface area contributed by atoms with Crippen LogP contribution in [-0.2, 0) is 6.42 Å². The molecule has 0 saturated heterocycles. The SMILES string of the molecule is COc1cc2c(c(OC)c1)C(C)=[N+]([C@H](C)c1ccccc1)CC2. The van der Waals surface area contributed by atoms with E-state index < -0.39 is 0 Å². The lowest BCUT2D eigenvalue weighted by Gasteiger charge is -2.23. The molecule has 0 aromatic heterocycles. The fraction of sp³-hybridized carbons (Fsp3) is 0.350. The number of hydrogen-bond donors (Lipinski definition) is 0. The van der Waals surface area contributed by atoms with E-state index in [0.717, 1.165) is 24.5 Å². The van der Waals surface area contributed by atoms with E-state index in [-0.39, 0.29) is 0 Å². The van der Waals surface area contributed by atoms with E-state index in [2.05, 4.69) is 54.8 Å². The lowest BCUT2D eigenvalue weighted by atomic mass is 9.94. The van der Waals surface area contributed by atoms with Crippen molar-refractivity contribution in [2.24, 2.45) is 0 Å². The summed E-state index contributed by atoms with van der Waals surface area (Å²) in [5.74, 6) is 1.75. The Balaban J connectivity index is 2.08. The molecule has 0 unspecified atom stereocenters. The van der Waals surface area contributed by atoms with Gasteiger partial charge in [-0.25, -0.2) is 4.58 Å². The molecule has 0 amide bonds. The summed E-state index contributed by atoms with van der Waals surface area (Å²) in [6, 6.07) is 15.1. The van der Waals surface area contributed by atoms with Gasteiger partial charge in [-0.2, -0.15) is 0 Å². The lowest BCUT2D eigenvalue weighted by Crippen LogP contribution is -2.31. The third-order valence-electron chi connectivity index (χ3n) is 4.78. The van der Waals surface area contributed by atoms with Crippen LogP contribution in [0.15, 0.2) is 42.5 Å². The second-order valence-corrected chi connectivity index (χ2v) is 5.98. The predicted molar refractivity (Wildman–Crippen MR) is 93.0 cm³/mol. The van der Waals surface area contributed by atoms with Crippen molar-refractivity contribution in [2.45, 2.75) is 26.3 Å². The summed E-state index contributed by atoms with van der Waals surface area (Å²) >= 11 is 0. The lowest BCUT2D eigenvalue weighted by molar-refractivity contribution is -0.569. The third kappa shape index (κ3) is 2.83. The van der Waals surface area contributed by atoms with E-state index in [1.165, 1.54) is 22.4 Å². The highest BCUT2D eigenvalue weighted by Crippen LogP contribution is 2.33. The van der Waals surface area contributed by atoms with Crippen LogP contribution in [0, 0.1) is 0 Å². The normalized spacial score (nSPS) is 15.1. The first-order chi connectivity index (χ1) is 11.2. The first kappa shape index (κ1) is 15.6. The van der Waals surface area contributed by atoms with Crippen molar-refractivity contribution < 1.29 is 14.0 Å². The average Bonchev–Trinajstić information content (AvgIpc) is 2.61. The van der Waals surface area contributed by atoms with Crippen LogP contribution in [0.25, 0.3) is 0 Å². The molecule has 0 aliphatic carbocycles. The van der Waals surface area contributed by atoms with E-state index >= 15 is 0 Å². The minimum Gasteiger partial charge on any atom is -0.497 e. The number of ether oxygens (including phenoxy) is 2. The highest BCUT2D eigenvalue weighted by atomic mass is 16.5. The third-order valence-corrected chi connectivity index (χ3v) is 4.78. The quantitative estimate of drug-likeness (QED) is 0.800. The molecule has 1 aliphatic heterocycles. The Morgan fingerprint density at radius 2 is 1.78 bits per heavy atom. The largest absolute Gasteiger partial charge is 0.497 e. The fourth-order valence-corrected chi connectivity index (χ4v) is 3.48. The molecule has 2 aromatic carbocycles. The van der Waals surface area contributed by atoms with Gasteiger partial charge in [-0.1, -0.05) is 30.3 Å². The fourth-order valence-electron chi connectivity index (χ4n) is 3.48. The molecule has 0 spiro atoms. The molecule has 3 rings (SSSR count). The Kier molecular flexibility index (Phi) is 4.37. The van der Waals surface area contributed by atoms with Crippen molar-refractivity contribution in [3.8, 4) is 11.5 Å². The second-order valence-electron chi connectivity index (χ2n) is 5.98. The van der Waals surface area contributed by atoms with E-state index in [4.69, 9.17) is 9.47 Å². The summed E-state index contributed by atoms with van der Waals surface area (Å²) < 4.78 is 13.5. The molecule has 1 aliphatic rings. The Morgan fingerprint density at radius 3 is 2.43 bits per heavy atom. The smallest absolute Gasteiger partial charge is 0.184 e. The monoisotopic (exact) mass is 310 g/mol. The van der Waals surface area contributed by atoms with Gasteiger partial charge in [-0.15, -0.1) is 0 Å². The number of methoxy groups -OCH3 is 2. The Bertz CT molecular complexity index is 735. The number of rotatable bonds is 4. The van der Waals surface area contributed by atoms with Gasteiger partial charge in [0.2, 0.25) is 0 Å². The zero-order valence-corrected chi connectivity index (χ0v) is 14.3. The molecule has 120 valence electrons. The van der Waals surface area contributed by atoms with Gasteiger partial charge < -0.3 is 9.47 Å². The van der Waals surface area contributed by atoms with Crippen molar-refractivity contribution >= 4 is 5.71 Å². The van der Waals surface area contributed by atoms with Gasteiger partial charge >= 0.3 is 0 Å². The van der Waals surface area contributed by atoms with Crippen molar-refractivity contribution in [3.05, 3.63) is 59.2 Å². The zero-order valence-electron chi connectivity index (χ0n) is 14.3. The molecule has 3 nitrogen and oxygen atoms in total. The molecule has 1 heterocycles. The minimum absolute atomic E-state index is 0.344. The molecular weight excluding hydrogens is 286 g/mol. The zero-order chi connectivity index (χ0) is 16.4. The van der Waals surface area contributed by atoms with Gasteiger partial charge in [-0.3, -0.25) is 0 Å². The van der Waals surface area contributed by atoms with Crippen LogP contribution >= 0.6 is 0 Å². The van der Waals surface area contributed by atoms with E-state index in [1.807, 2.05) is 6.07 Å². The van der Waals surface area contributed by atoms with Crippen molar-refractivity contribution in [2.75, 3.05) is 20.8 Å². The Morgan fingerprint density at radius 1 is 1.04 bits per heavy atom. The topological polar surface area (TPSA) is 21.5 Å². The number of benzene rings is 2. The highest BCUT2D eigenvalue weighted by Gasteiger charge is 2.30. The van der Waals surface area contributed by atoms with E-state index in [9.17, 15) is 0 Å². The van der Waals surface area contributed by atoms with Crippen LogP contribution in [-0.4, -0.2) is 31.1 Å². The van der Waals surface area contributed by atoms with Gasteiger partial charge in [0.25, 0.3) is 0 Å². The van der Waals surface area contributed by atoms with E-state index in [0.29, 0.717) is 6.04 Å². The number of nitrogens with zero attached hydrogens (tertiary/aromatic N) is 1. The molecule has 1 atom stereocenters. The molecule has 0 fully saturated rings.